The number of benzene rings is 4. The van der Waals surface area contributed by atoms with Crippen LogP contribution in [0.25, 0.3) is 53.0 Å². The Balaban J connectivity index is 1.42. The van der Waals surface area contributed by atoms with Gasteiger partial charge < -0.3 is 4.74 Å². The molecule has 9 rings (SSSR count). The first-order valence-corrected chi connectivity index (χ1v) is 23.6. The maximum absolute atomic E-state index is 6.89. The Kier molecular flexibility index (Phi) is 9.50. The number of fused-ring (bicyclic) bond motifs is 15. The Morgan fingerprint density at radius 3 is 2.15 bits per heavy atom. The molecule has 312 valence electrons. The number of hydrogen-bond donors (Lipinski definition) is 0. The van der Waals surface area contributed by atoms with Crippen molar-refractivity contribution in [2.45, 2.75) is 150 Å². The van der Waals surface area contributed by atoms with Gasteiger partial charge in [0, 0.05) is 64.9 Å². The minimum Gasteiger partial charge on any atom is -0.497 e. The first kappa shape index (κ1) is 41.1. The summed E-state index contributed by atoms with van der Waals surface area (Å²) in [6, 6.07) is 24.2. The third kappa shape index (κ3) is 6.32. The van der Waals surface area contributed by atoms with Crippen LogP contribution in [-0.4, -0.2) is 22.4 Å². The average Bonchev–Trinajstić information content (AvgIpc) is 3.53. The Morgan fingerprint density at radius 1 is 0.783 bits per heavy atom. The molecule has 0 saturated carbocycles. The van der Waals surface area contributed by atoms with Gasteiger partial charge >= 0.3 is 0 Å². The van der Waals surface area contributed by atoms with Crippen molar-refractivity contribution in [3.8, 4) is 11.3 Å². The number of hydrogen-bond acceptors (Lipinski definition) is 2. The zero-order valence-electron chi connectivity index (χ0n) is 39.0. The van der Waals surface area contributed by atoms with E-state index in [-0.39, 0.29) is 45.6 Å². The van der Waals surface area contributed by atoms with E-state index >= 15 is 0 Å². The van der Waals surface area contributed by atoms with Crippen LogP contribution in [0.4, 0.5) is 0 Å². The molecular weight excluding hydrogens is 749 g/mol. The molecule has 0 saturated heterocycles. The van der Waals surface area contributed by atoms with Crippen LogP contribution in [0.1, 0.15) is 150 Å². The van der Waals surface area contributed by atoms with Crippen LogP contribution in [0.3, 0.4) is 0 Å². The SMILES string of the molecule is C=C1C2C(CCO/C(C(C)C)=C\C(C(C)C)=[N+]1C(C)(C)C)c1c(cc(C(C)(C)C)c3ccccc13)-c1c3cc4c(cc3cc[n+]12)sc1c2c(ccc14)C(C)(C)CCC2(C)C. The summed E-state index contributed by atoms with van der Waals surface area (Å²) < 4.78 is 15.0. The smallest absolute Gasteiger partial charge is 0.248 e. The van der Waals surface area contributed by atoms with E-state index in [1.165, 1.54) is 88.2 Å². The standard InChI is InChI=1S/C56H68N2OS/c1-32(2)45-31-46(33(3)4)59-27-23-39-48-37-19-17-16-18-36(37)44(53(6,7)8)30-42(48)51-40-29-41-38-20-21-43-49(56(14,15)25-24-55(43,12)13)52(38)60-47(41)28-35(40)22-26-57(51)50(39)34(5)58(45)54(9,10)11/h16-22,26,28-33,39,50H,5,23-25,27H2,1-4,6-15H3/q+2/b46-31-,58-45?. The van der Waals surface area contributed by atoms with Crippen LogP contribution >= 0.6 is 11.3 Å². The van der Waals surface area contributed by atoms with Crippen molar-refractivity contribution in [2.24, 2.45) is 11.8 Å². The van der Waals surface area contributed by atoms with Gasteiger partial charge in [-0.25, -0.2) is 0 Å². The molecule has 6 aromatic rings. The molecule has 2 aliphatic heterocycles. The van der Waals surface area contributed by atoms with Gasteiger partial charge in [-0.15, -0.1) is 11.3 Å². The summed E-state index contributed by atoms with van der Waals surface area (Å²) in [5.41, 5.74) is 11.0. The van der Waals surface area contributed by atoms with Crippen LogP contribution in [-0.2, 0) is 21.0 Å². The van der Waals surface area contributed by atoms with Gasteiger partial charge in [-0.1, -0.05) is 113 Å². The van der Waals surface area contributed by atoms with Gasteiger partial charge in [0.25, 0.3) is 0 Å². The Bertz CT molecular complexity index is 2840. The molecule has 4 heterocycles. The predicted octanol–water partition coefficient (Wildman–Crippen LogP) is 15.0. The molecule has 0 spiro atoms. The summed E-state index contributed by atoms with van der Waals surface area (Å²) in [5.74, 6) is 1.73. The van der Waals surface area contributed by atoms with Gasteiger partial charge in [-0.05, 0) is 98.7 Å². The lowest BCUT2D eigenvalue weighted by molar-refractivity contribution is -0.733. The van der Waals surface area contributed by atoms with Gasteiger partial charge in [0.2, 0.25) is 17.4 Å². The third-order valence-corrected chi connectivity index (χ3v) is 15.6. The van der Waals surface area contributed by atoms with E-state index in [2.05, 4.69) is 179 Å². The summed E-state index contributed by atoms with van der Waals surface area (Å²) in [6.07, 6.45) is 8.06. The van der Waals surface area contributed by atoms with Crippen molar-refractivity contribution in [2.75, 3.05) is 6.61 Å². The Morgan fingerprint density at radius 2 is 1.48 bits per heavy atom. The van der Waals surface area contributed by atoms with Gasteiger partial charge in [0.05, 0.1) is 23.5 Å². The summed E-state index contributed by atoms with van der Waals surface area (Å²) in [6.45, 7) is 39.0. The van der Waals surface area contributed by atoms with E-state index in [0.717, 1.165) is 17.9 Å². The van der Waals surface area contributed by atoms with Gasteiger partial charge in [0.15, 0.2) is 17.4 Å². The monoisotopic (exact) mass is 817 g/mol. The zero-order chi connectivity index (χ0) is 43.0. The second-order valence-electron chi connectivity index (χ2n) is 22.4. The molecule has 2 atom stereocenters. The van der Waals surface area contributed by atoms with E-state index in [1.54, 1.807) is 5.56 Å². The van der Waals surface area contributed by atoms with E-state index in [1.807, 2.05) is 11.3 Å². The number of allylic oxidation sites excluding steroid dienone is 3. The molecule has 4 heteroatoms. The molecule has 0 bridgehead atoms. The first-order valence-electron chi connectivity index (χ1n) is 22.7. The van der Waals surface area contributed by atoms with Crippen LogP contribution in [0.5, 0.6) is 0 Å². The summed E-state index contributed by atoms with van der Waals surface area (Å²) in [4.78, 5) is 0. The fraction of sp³-hybridized carbons (Fsp3) is 0.464. The molecule has 2 unspecified atom stereocenters. The number of aromatic nitrogens is 1. The normalized spacial score (nSPS) is 21.5. The van der Waals surface area contributed by atoms with Gasteiger partial charge in [-0.2, -0.15) is 9.14 Å². The topological polar surface area (TPSA) is 16.1 Å². The van der Waals surface area contributed by atoms with E-state index in [0.29, 0.717) is 6.61 Å². The molecule has 3 nitrogen and oxygen atoms in total. The molecular formula is C56H68N2OS+2. The van der Waals surface area contributed by atoms with Crippen molar-refractivity contribution in [1.29, 1.82) is 0 Å². The second kappa shape index (κ2) is 13.9. The second-order valence-corrected chi connectivity index (χ2v) is 23.4. The van der Waals surface area contributed by atoms with E-state index in [9.17, 15) is 0 Å². The minimum atomic E-state index is -0.224. The lowest BCUT2D eigenvalue weighted by atomic mass is 9.63. The van der Waals surface area contributed by atoms with Gasteiger partial charge in [0.1, 0.15) is 5.76 Å². The molecule has 0 N–H and O–H groups in total. The molecule has 4 aromatic carbocycles. The van der Waals surface area contributed by atoms with Crippen LogP contribution in [0.2, 0.25) is 0 Å². The third-order valence-electron chi connectivity index (χ3n) is 14.4. The minimum absolute atomic E-state index is 0.0312. The average molecular weight is 817 g/mol. The highest BCUT2D eigenvalue weighted by atomic mass is 32.1. The largest absolute Gasteiger partial charge is 0.497 e. The fourth-order valence-corrected chi connectivity index (χ4v) is 12.8. The van der Waals surface area contributed by atoms with Crippen molar-refractivity contribution < 1.29 is 13.9 Å². The zero-order valence-corrected chi connectivity index (χ0v) is 39.8. The summed E-state index contributed by atoms with van der Waals surface area (Å²) in [7, 11) is 0. The van der Waals surface area contributed by atoms with Crippen molar-refractivity contribution >= 4 is 58.8 Å². The number of pyridine rings is 1. The highest BCUT2D eigenvalue weighted by Crippen LogP contribution is 2.54. The van der Waals surface area contributed by atoms with Crippen LogP contribution < -0.4 is 4.57 Å². The highest BCUT2D eigenvalue weighted by Gasteiger charge is 2.51. The molecule has 0 radical (unpaired) electrons. The molecule has 0 amide bonds. The number of ether oxygens (including phenoxy) is 1. The lowest BCUT2D eigenvalue weighted by Gasteiger charge is -2.42. The molecule has 60 heavy (non-hydrogen) atoms. The first-order chi connectivity index (χ1) is 28.1. The van der Waals surface area contributed by atoms with E-state index < -0.39 is 0 Å². The molecule has 1 aliphatic carbocycles. The fourth-order valence-electron chi connectivity index (χ4n) is 11.3. The van der Waals surface area contributed by atoms with Crippen LogP contribution in [0, 0.1) is 11.8 Å². The van der Waals surface area contributed by atoms with Gasteiger partial charge in [-0.3, -0.25) is 0 Å². The molecule has 3 aliphatic rings. The maximum atomic E-state index is 6.89. The van der Waals surface area contributed by atoms with Crippen LogP contribution in [0.15, 0.2) is 91.0 Å². The molecule has 0 fully saturated rings. The lowest BCUT2D eigenvalue weighted by Crippen LogP contribution is -2.53. The summed E-state index contributed by atoms with van der Waals surface area (Å²) >= 11 is 2.01. The van der Waals surface area contributed by atoms with E-state index in [4.69, 9.17) is 11.3 Å². The Hall–Kier alpha value is -4.28. The maximum Gasteiger partial charge on any atom is 0.248 e. The highest BCUT2D eigenvalue weighted by molar-refractivity contribution is 7.26. The summed E-state index contributed by atoms with van der Waals surface area (Å²) in [5, 5.41) is 8.09. The van der Waals surface area contributed by atoms with Crippen molar-refractivity contribution in [3.63, 3.8) is 0 Å². The number of nitrogens with zero attached hydrogens (tertiary/aromatic N) is 2. The predicted molar refractivity (Wildman–Crippen MR) is 258 cm³/mol. The number of thiophene rings is 1. The van der Waals surface area contributed by atoms with Crippen molar-refractivity contribution in [3.05, 3.63) is 113 Å². The molecule has 2 aromatic heterocycles. The Labute approximate surface area is 363 Å². The van der Waals surface area contributed by atoms with Crippen molar-refractivity contribution in [1.82, 2.24) is 0 Å². The number of rotatable bonds is 2. The quantitative estimate of drug-likeness (QED) is 0.159.